The zero-order chi connectivity index (χ0) is 21.1. The molecule has 1 fully saturated rings. The molecule has 0 aliphatic heterocycles. The van der Waals surface area contributed by atoms with E-state index < -0.39 is 48.7 Å². The van der Waals surface area contributed by atoms with Crippen molar-refractivity contribution in [3.8, 4) is 17.2 Å². The standard InChI is InChI=1S/C18H22O10/c1-26-11-5-9(6-12(27-2)16(11)22)3-4-14(20)28-13-8-18(25,17(23)24)7-10(19)15(13)21/h3-6,10,13,15,19,21-22,25H,7-8H2,1-2H3,(H,23,24)/b4-3+/t10-,13-,15+,18-/m1/s1. The molecular weight excluding hydrogens is 376 g/mol. The van der Waals surface area contributed by atoms with E-state index in [4.69, 9.17) is 19.3 Å². The van der Waals surface area contributed by atoms with E-state index in [1.807, 2.05) is 0 Å². The maximum Gasteiger partial charge on any atom is 0.335 e. The van der Waals surface area contributed by atoms with Gasteiger partial charge in [0.25, 0.3) is 0 Å². The number of carbonyl (C=O) groups excluding carboxylic acids is 1. The molecule has 0 spiro atoms. The number of hydrogen-bond acceptors (Lipinski definition) is 9. The van der Waals surface area contributed by atoms with Gasteiger partial charge in [-0.3, -0.25) is 0 Å². The fraction of sp³-hybridized carbons (Fsp3) is 0.444. The SMILES string of the molecule is COc1cc(/C=C/C(=O)O[C@@H]2C[C@@](O)(C(=O)O)C[C@@H](O)[C@@H]2O)cc(OC)c1O. The third kappa shape index (κ3) is 4.53. The van der Waals surface area contributed by atoms with Crippen molar-refractivity contribution >= 4 is 18.0 Å². The minimum absolute atomic E-state index is 0.115. The molecule has 28 heavy (non-hydrogen) atoms. The van der Waals surface area contributed by atoms with Crippen molar-refractivity contribution in [3.63, 3.8) is 0 Å². The van der Waals surface area contributed by atoms with Gasteiger partial charge in [0.2, 0.25) is 5.75 Å². The maximum atomic E-state index is 12.1. The minimum atomic E-state index is -2.31. The quantitative estimate of drug-likeness (QED) is 0.316. The second-order valence-corrected chi connectivity index (χ2v) is 6.39. The van der Waals surface area contributed by atoms with Crippen molar-refractivity contribution < 1.29 is 49.3 Å². The van der Waals surface area contributed by atoms with E-state index in [0.29, 0.717) is 5.56 Å². The molecule has 0 saturated heterocycles. The third-order valence-electron chi connectivity index (χ3n) is 4.44. The highest BCUT2D eigenvalue weighted by molar-refractivity contribution is 5.87. The molecule has 0 heterocycles. The summed E-state index contributed by atoms with van der Waals surface area (Å²) in [6.45, 7) is 0. The molecule has 0 unspecified atom stereocenters. The predicted molar refractivity (Wildman–Crippen MR) is 94.0 cm³/mol. The average Bonchev–Trinajstić information content (AvgIpc) is 2.64. The van der Waals surface area contributed by atoms with Crippen LogP contribution in [0, 0.1) is 0 Å². The zero-order valence-electron chi connectivity index (χ0n) is 15.2. The van der Waals surface area contributed by atoms with Crippen molar-refractivity contribution in [1.82, 2.24) is 0 Å². The molecule has 0 amide bonds. The second kappa shape index (κ2) is 8.46. The van der Waals surface area contributed by atoms with Crippen LogP contribution in [0.2, 0.25) is 0 Å². The van der Waals surface area contributed by atoms with Crippen LogP contribution in [-0.4, -0.2) is 75.6 Å². The molecule has 1 aromatic rings. The zero-order valence-corrected chi connectivity index (χ0v) is 15.2. The minimum Gasteiger partial charge on any atom is -0.502 e. The predicted octanol–water partition coefficient (Wildman–Crippen LogP) is -0.334. The summed E-state index contributed by atoms with van der Waals surface area (Å²) in [5, 5.41) is 48.7. The molecule has 5 N–H and O–H groups in total. The van der Waals surface area contributed by atoms with Crippen LogP contribution in [0.4, 0.5) is 0 Å². The van der Waals surface area contributed by atoms with E-state index in [-0.39, 0.29) is 17.2 Å². The first-order valence-electron chi connectivity index (χ1n) is 8.27. The fourth-order valence-corrected chi connectivity index (χ4v) is 2.90. The summed E-state index contributed by atoms with van der Waals surface area (Å²) in [5.41, 5.74) is -1.89. The number of benzene rings is 1. The van der Waals surface area contributed by atoms with Crippen molar-refractivity contribution in [3.05, 3.63) is 23.8 Å². The Kier molecular flexibility index (Phi) is 6.49. The third-order valence-corrected chi connectivity index (χ3v) is 4.44. The summed E-state index contributed by atoms with van der Waals surface area (Å²) in [5.74, 6) is -2.50. The monoisotopic (exact) mass is 398 g/mol. The van der Waals surface area contributed by atoms with E-state index in [9.17, 15) is 30.0 Å². The molecule has 1 aliphatic carbocycles. The fourth-order valence-electron chi connectivity index (χ4n) is 2.90. The largest absolute Gasteiger partial charge is 0.502 e. The summed E-state index contributed by atoms with van der Waals surface area (Å²) < 4.78 is 15.0. The van der Waals surface area contributed by atoms with E-state index in [2.05, 4.69) is 0 Å². The Labute approximate surface area is 160 Å². The van der Waals surface area contributed by atoms with E-state index in [1.54, 1.807) is 0 Å². The molecule has 4 atom stereocenters. The Morgan fingerprint density at radius 2 is 1.71 bits per heavy atom. The van der Waals surface area contributed by atoms with Gasteiger partial charge in [0, 0.05) is 18.9 Å². The molecule has 0 aromatic heterocycles. The lowest BCUT2D eigenvalue weighted by Gasteiger charge is -2.39. The maximum absolute atomic E-state index is 12.1. The summed E-state index contributed by atoms with van der Waals surface area (Å²) in [7, 11) is 2.69. The first kappa shape index (κ1) is 21.5. The number of phenols is 1. The summed E-state index contributed by atoms with van der Waals surface area (Å²) in [4.78, 5) is 23.2. The lowest BCUT2D eigenvalue weighted by Crippen LogP contribution is -2.57. The van der Waals surface area contributed by atoms with Crippen molar-refractivity contribution in [2.75, 3.05) is 14.2 Å². The van der Waals surface area contributed by atoms with Crippen molar-refractivity contribution in [2.45, 2.75) is 36.8 Å². The number of phenolic OH excluding ortho intramolecular Hbond substituents is 1. The van der Waals surface area contributed by atoms with Gasteiger partial charge in [-0.05, 0) is 23.8 Å². The topological polar surface area (TPSA) is 163 Å². The number of aliphatic hydroxyl groups is 3. The number of aliphatic hydroxyl groups excluding tert-OH is 2. The molecular formula is C18H22O10. The Balaban J connectivity index is 2.14. The molecule has 2 rings (SSSR count). The van der Waals surface area contributed by atoms with Crippen LogP contribution in [0.15, 0.2) is 18.2 Å². The number of rotatable bonds is 6. The number of carbonyl (C=O) groups is 2. The van der Waals surface area contributed by atoms with Crippen molar-refractivity contribution in [2.24, 2.45) is 0 Å². The lowest BCUT2D eigenvalue weighted by molar-refractivity contribution is -0.196. The van der Waals surface area contributed by atoms with Crippen LogP contribution >= 0.6 is 0 Å². The number of carboxylic acids is 1. The molecule has 0 bridgehead atoms. The smallest absolute Gasteiger partial charge is 0.335 e. The number of carboxylic acid groups (broad SMARTS) is 1. The van der Waals surface area contributed by atoms with Gasteiger partial charge in [0.15, 0.2) is 17.1 Å². The van der Waals surface area contributed by atoms with E-state index >= 15 is 0 Å². The van der Waals surface area contributed by atoms with Crippen LogP contribution in [-0.2, 0) is 14.3 Å². The highest BCUT2D eigenvalue weighted by Crippen LogP contribution is 2.37. The van der Waals surface area contributed by atoms with Gasteiger partial charge in [-0.2, -0.15) is 0 Å². The van der Waals surface area contributed by atoms with E-state index in [1.165, 1.54) is 32.4 Å². The second-order valence-electron chi connectivity index (χ2n) is 6.39. The number of hydrogen-bond donors (Lipinski definition) is 5. The van der Waals surface area contributed by atoms with Gasteiger partial charge in [-0.1, -0.05) is 0 Å². The molecule has 1 saturated carbocycles. The Morgan fingerprint density at radius 3 is 2.21 bits per heavy atom. The van der Waals surface area contributed by atoms with Crippen LogP contribution in [0.25, 0.3) is 6.08 Å². The molecule has 10 nitrogen and oxygen atoms in total. The number of methoxy groups -OCH3 is 2. The molecule has 10 heteroatoms. The van der Waals surface area contributed by atoms with Gasteiger partial charge in [-0.25, -0.2) is 9.59 Å². The Hall–Kier alpha value is -2.82. The Morgan fingerprint density at radius 1 is 1.14 bits per heavy atom. The number of aliphatic carboxylic acids is 1. The first-order valence-corrected chi connectivity index (χ1v) is 8.27. The van der Waals surface area contributed by atoms with Crippen LogP contribution in [0.3, 0.4) is 0 Å². The summed E-state index contributed by atoms with van der Waals surface area (Å²) in [6.07, 6.45) is -3.35. The summed E-state index contributed by atoms with van der Waals surface area (Å²) >= 11 is 0. The van der Waals surface area contributed by atoms with Gasteiger partial charge in [0.05, 0.1) is 20.3 Å². The first-order chi connectivity index (χ1) is 13.1. The van der Waals surface area contributed by atoms with Gasteiger partial charge in [0.1, 0.15) is 12.2 Å². The molecule has 1 aliphatic rings. The number of ether oxygens (including phenoxy) is 3. The molecule has 1 aromatic carbocycles. The highest BCUT2D eigenvalue weighted by atomic mass is 16.6. The highest BCUT2D eigenvalue weighted by Gasteiger charge is 2.50. The normalized spacial score (nSPS) is 27.4. The van der Waals surface area contributed by atoms with Gasteiger partial charge >= 0.3 is 11.9 Å². The Bertz CT molecular complexity index is 749. The lowest BCUT2D eigenvalue weighted by atomic mass is 9.79. The van der Waals surface area contributed by atoms with Crippen LogP contribution < -0.4 is 9.47 Å². The van der Waals surface area contributed by atoms with Crippen molar-refractivity contribution in [1.29, 1.82) is 0 Å². The molecule has 154 valence electrons. The number of aromatic hydroxyl groups is 1. The van der Waals surface area contributed by atoms with Gasteiger partial charge in [-0.15, -0.1) is 0 Å². The average molecular weight is 398 g/mol. The van der Waals surface area contributed by atoms with Crippen LogP contribution in [0.5, 0.6) is 17.2 Å². The summed E-state index contributed by atoms with van der Waals surface area (Å²) in [6, 6.07) is 2.87. The van der Waals surface area contributed by atoms with Crippen LogP contribution in [0.1, 0.15) is 18.4 Å². The molecule has 0 radical (unpaired) electrons. The van der Waals surface area contributed by atoms with E-state index in [0.717, 1.165) is 6.08 Å². The number of esters is 1. The van der Waals surface area contributed by atoms with Gasteiger partial charge < -0.3 is 39.7 Å².